The van der Waals surface area contributed by atoms with Gasteiger partial charge in [0.05, 0.1) is 4.90 Å². The van der Waals surface area contributed by atoms with Gasteiger partial charge in [0.1, 0.15) is 5.82 Å². The molecule has 3 nitrogen and oxygen atoms in total. The highest BCUT2D eigenvalue weighted by molar-refractivity contribution is 7.99. The first-order chi connectivity index (χ1) is 8.08. The number of rotatable bonds is 3. The SMILES string of the molecule is C[C@H](N)c1ccc(Sc2nccn2C)c(F)c1. The first kappa shape index (κ1) is 12.1. The minimum atomic E-state index is -0.257. The predicted molar refractivity (Wildman–Crippen MR) is 66.3 cm³/mol. The van der Waals surface area contributed by atoms with Crippen molar-refractivity contribution in [2.45, 2.75) is 23.0 Å². The number of hydrogen-bond donors (Lipinski definition) is 1. The third-order valence-corrected chi connectivity index (χ3v) is 3.59. The Hall–Kier alpha value is -1.33. The molecular formula is C12H14FN3S. The highest BCUT2D eigenvalue weighted by Gasteiger charge is 2.09. The Labute approximate surface area is 104 Å². The maximum Gasteiger partial charge on any atom is 0.172 e. The van der Waals surface area contributed by atoms with Gasteiger partial charge in [0.2, 0.25) is 0 Å². The van der Waals surface area contributed by atoms with E-state index >= 15 is 0 Å². The van der Waals surface area contributed by atoms with Gasteiger partial charge in [-0.2, -0.15) is 0 Å². The van der Waals surface area contributed by atoms with E-state index in [1.54, 1.807) is 12.3 Å². The van der Waals surface area contributed by atoms with Crippen LogP contribution in [0.5, 0.6) is 0 Å². The smallest absolute Gasteiger partial charge is 0.172 e. The molecule has 0 amide bonds. The maximum atomic E-state index is 13.8. The quantitative estimate of drug-likeness (QED) is 0.912. The molecular weight excluding hydrogens is 237 g/mol. The Morgan fingerprint density at radius 3 is 2.76 bits per heavy atom. The van der Waals surface area contributed by atoms with Crippen molar-refractivity contribution in [2.75, 3.05) is 0 Å². The van der Waals surface area contributed by atoms with E-state index < -0.39 is 0 Å². The second kappa shape index (κ2) is 4.89. The highest BCUT2D eigenvalue weighted by Crippen LogP contribution is 2.29. The Morgan fingerprint density at radius 1 is 1.47 bits per heavy atom. The topological polar surface area (TPSA) is 43.8 Å². The fourth-order valence-electron chi connectivity index (χ4n) is 1.43. The Morgan fingerprint density at radius 2 is 2.24 bits per heavy atom. The van der Waals surface area contributed by atoms with Crippen LogP contribution in [0.1, 0.15) is 18.5 Å². The minimum Gasteiger partial charge on any atom is -0.329 e. The summed E-state index contributed by atoms with van der Waals surface area (Å²) in [6, 6.07) is 4.92. The fraction of sp³-hybridized carbons (Fsp3) is 0.250. The largest absolute Gasteiger partial charge is 0.329 e. The average molecular weight is 251 g/mol. The molecule has 2 N–H and O–H groups in total. The van der Waals surface area contributed by atoms with E-state index in [0.29, 0.717) is 4.90 Å². The fourth-order valence-corrected chi connectivity index (χ4v) is 2.24. The summed E-state index contributed by atoms with van der Waals surface area (Å²) in [5.41, 5.74) is 6.50. The first-order valence-electron chi connectivity index (χ1n) is 5.28. The van der Waals surface area contributed by atoms with Crippen molar-refractivity contribution in [1.29, 1.82) is 0 Å². The molecule has 0 saturated carbocycles. The normalized spacial score (nSPS) is 12.7. The van der Waals surface area contributed by atoms with Crippen LogP contribution >= 0.6 is 11.8 Å². The summed E-state index contributed by atoms with van der Waals surface area (Å²) in [4.78, 5) is 4.70. The predicted octanol–water partition coefficient (Wildman–Crippen LogP) is 2.73. The molecule has 1 atom stereocenters. The maximum absolute atomic E-state index is 13.8. The van der Waals surface area contributed by atoms with Gasteiger partial charge in [0, 0.05) is 25.5 Å². The lowest BCUT2D eigenvalue weighted by molar-refractivity contribution is 0.596. The molecule has 0 saturated heterocycles. The van der Waals surface area contributed by atoms with Gasteiger partial charge in [-0.15, -0.1) is 0 Å². The molecule has 0 aliphatic heterocycles. The lowest BCUT2D eigenvalue weighted by atomic mass is 10.1. The van der Waals surface area contributed by atoms with Gasteiger partial charge in [-0.3, -0.25) is 0 Å². The van der Waals surface area contributed by atoms with Crippen molar-refractivity contribution >= 4 is 11.8 Å². The van der Waals surface area contributed by atoms with E-state index in [2.05, 4.69) is 4.98 Å². The number of nitrogens with two attached hydrogens (primary N) is 1. The van der Waals surface area contributed by atoms with Crippen molar-refractivity contribution in [3.8, 4) is 0 Å². The summed E-state index contributed by atoms with van der Waals surface area (Å²) in [6.45, 7) is 1.83. The van der Waals surface area contributed by atoms with Crippen LogP contribution < -0.4 is 5.73 Å². The average Bonchev–Trinajstić information content (AvgIpc) is 2.67. The van der Waals surface area contributed by atoms with E-state index in [1.165, 1.54) is 17.8 Å². The summed E-state index contributed by atoms with van der Waals surface area (Å²) in [7, 11) is 1.88. The minimum absolute atomic E-state index is 0.156. The zero-order valence-corrected chi connectivity index (χ0v) is 10.5. The number of hydrogen-bond acceptors (Lipinski definition) is 3. The third kappa shape index (κ3) is 2.68. The Bertz CT molecular complexity index is 522. The number of benzene rings is 1. The van der Waals surface area contributed by atoms with Crippen LogP contribution in [-0.2, 0) is 7.05 Å². The molecule has 17 heavy (non-hydrogen) atoms. The van der Waals surface area contributed by atoms with Crippen LogP contribution in [0.2, 0.25) is 0 Å². The molecule has 0 bridgehead atoms. The molecule has 1 aromatic carbocycles. The molecule has 0 aliphatic rings. The van der Waals surface area contributed by atoms with Gasteiger partial charge >= 0.3 is 0 Å². The van der Waals surface area contributed by atoms with E-state index in [4.69, 9.17) is 5.73 Å². The van der Waals surface area contributed by atoms with Crippen LogP contribution in [0.4, 0.5) is 4.39 Å². The molecule has 1 heterocycles. The number of aryl methyl sites for hydroxylation is 1. The zero-order valence-electron chi connectivity index (χ0n) is 9.72. The van der Waals surface area contributed by atoms with Crippen LogP contribution in [0, 0.1) is 5.82 Å². The molecule has 90 valence electrons. The van der Waals surface area contributed by atoms with Gasteiger partial charge < -0.3 is 10.3 Å². The Balaban J connectivity index is 2.26. The lowest BCUT2D eigenvalue weighted by Crippen LogP contribution is -2.05. The van der Waals surface area contributed by atoms with Crippen LogP contribution in [-0.4, -0.2) is 9.55 Å². The molecule has 2 rings (SSSR count). The molecule has 5 heteroatoms. The van der Waals surface area contributed by atoms with E-state index in [0.717, 1.165) is 10.7 Å². The highest BCUT2D eigenvalue weighted by atomic mass is 32.2. The standard InChI is InChI=1S/C12H14FN3S/c1-8(14)9-3-4-11(10(13)7-9)17-12-15-5-6-16(12)2/h3-8H,14H2,1-2H3/t8-/m0/s1. The number of aromatic nitrogens is 2. The number of nitrogens with zero attached hydrogens (tertiary/aromatic N) is 2. The third-order valence-electron chi connectivity index (χ3n) is 2.46. The zero-order chi connectivity index (χ0) is 12.4. The van der Waals surface area contributed by atoms with Crippen molar-refractivity contribution in [2.24, 2.45) is 12.8 Å². The molecule has 1 aromatic heterocycles. The van der Waals surface area contributed by atoms with Gasteiger partial charge in [0.25, 0.3) is 0 Å². The number of halogens is 1. The Kier molecular flexibility index (Phi) is 3.49. The second-order valence-electron chi connectivity index (χ2n) is 3.90. The molecule has 0 radical (unpaired) electrons. The van der Waals surface area contributed by atoms with Crippen molar-refractivity contribution in [1.82, 2.24) is 9.55 Å². The molecule has 0 unspecified atom stereocenters. The van der Waals surface area contributed by atoms with Crippen LogP contribution in [0.25, 0.3) is 0 Å². The monoisotopic (exact) mass is 251 g/mol. The summed E-state index contributed by atoms with van der Waals surface area (Å²) in [5, 5.41) is 0.762. The number of imidazole rings is 1. The summed E-state index contributed by atoms with van der Waals surface area (Å²) < 4.78 is 15.7. The summed E-state index contributed by atoms with van der Waals surface area (Å²) >= 11 is 1.30. The van der Waals surface area contributed by atoms with Crippen molar-refractivity contribution in [3.63, 3.8) is 0 Å². The second-order valence-corrected chi connectivity index (χ2v) is 4.91. The van der Waals surface area contributed by atoms with Crippen molar-refractivity contribution < 1.29 is 4.39 Å². The first-order valence-corrected chi connectivity index (χ1v) is 6.10. The van der Waals surface area contributed by atoms with Gasteiger partial charge in [-0.05, 0) is 36.4 Å². The molecule has 0 spiro atoms. The molecule has 2 aromatic rings. The lowest BCUT2D eigenvalue weighted by Gasteiger charge is -2.08. The van der Waals surface area contributed by atoms with Crippen molar-refractivity contribution in [3.05, 3.63) is 42.0 Å². The van der Waals surface area contributed by atoms with E-state index in [-0.39, 0.29) is 11.9 Å². The van der Waals surface area contributed by atoms with Gasteiger partial charge in [-0.25, -0.2) is 9.37 Å². The van der Waals surface area contributed by atoms with Gasteiger partial charge in [0.15, 0.2) is 5.16 Å². The van der Waals surface area contributed by atoms with E-state index in [1.807, 2.05) is 30.8 Å². The van der Waals surface area contributed by atoms with Crippen LogP contribution in [0.3, 0.4) is 0 Å². The van der Waals surface area contributed by atoms with E-state index in [9.17, 15) is 4.39 Å². The molecule has 0 aliphatic carbocycles. The van der Waals surface area contributed by atoms with Crippen LogP contribution in [0.15, 0.2) is 40.6 Å². The summed E-state index contributed by atoms with van der Waals surface area (Å²) in [6.07, 6.45) is 3.52. The summed E-state index contributed by atoms with van der Waals surface area (Å²) in [5.74, 6) is -0.257. The molecule has 0 fully saturated rings. The van der Waals surface area contributed by atoms with Gasteiger partial charge in [-0.1, -0.05) is 6.07 Å².